The number of furan rings is 1. The van der Waals surface area contributed by atoms with Crippen LogP contribution in [0.2, 0.25) is 0 Å². The first-order valence-corrected chi connectivity index (χ1v) is 10.0. The van der Waals surface area contributed by atoms with E-state index in [0.717, 1.165) is 5.56 Å². The number of aromatic nitrogens is 2. The highest BCUT2D eigenvalue weighted by Crippen LogP contribution is 2.19. The van der Waals surface area contributed by atoms with Crippen LogP contribution in [0.5, 0.6) is 0 Å². The van der Waals surface area contributed by atoms with Gasteiger partial charge in [0.1, 0.15) is 17.7 Å². The molecule has 8 nitrogen and oxygen atoms in total. The molecule has 0 fully saturated rings. The molecule has 0 aliphatic rings. The molecule has 2 aromatic carbocycles. The van der Waals surface area contributed by atoms with Crippen molar-refractivity contribution in [2.45, 2.75) is 24.8 Å². The molecule has 3 atom stereocenters. The Morgan fingerprint density at radius 2 is 1.81 bits per heavy atom. The lowest BCUT2D eigenvalue weighted by Crippen LogP contribution is -2.42. The van der Waals surface area contributed by atoms with Gasteiger partial charge >= 0.3 is 0 Å². The largest absolute Gasteiger partial charge is 0.468 e. The molecular formula is C23H24N4O4. The van der Waals surface area contributed by atoms with Crippen LogP contribution in [-0.4, -0.2) is 38.7 Å². The number of hydrogen-bond donors (Lipinski definition) is 5. The maximum Gasteiger partial charge on any atom is 0.252 e. The summed E-state index contributed by atoms with van der Waals surface area (Å²) in [5, 5.41) is 26.8. The Labute approximate surface area is 178 Å². The van der Waals surface area contributed by atoms with E-state index >= 15 is 0 Å². The number of aromatic amines is 1. The van der Waals surface area contributed by atoms with E-state index in [4.69, 9.17) is 4.42 Å². The summed E-state index contributed by atoms with van der Waals surface area (Å²) < 4.78 is 5.49. The summed E-state index contributed by atoms with van der Waals surface area (Å²) in [6.07, 6.45) is -1.59. The van der Waals surface area contributed by atoms with Crippen molar-refractivity contribution in [1.82, 2.24) is 20.6 Å². The van der Waals surface area contributed by atoms with Gasteiger partial charge in [-0.25, -0.2) is 4.98 Å². The van der Waals surface area contributed by atoms with Gasteiger partial charge in [0.15, 0.2) is 6.10 Å². The van der Waals surface area contributed by atoms with Crippen LogP contribution in [0.25, 0.3) is 11.0 Å². The fourth-order valence-electron chi connectivity index (χ4n) is 3.31. The highest BCUT2D eigenvalue weighted by Gasteiger charge is 2.29. The van der Waals surface area contributed by atoms with Crippen LogP contribution >= 0.6 is 0 Å². The molecule has 0 aliphatic heterocycles. The molecule has 8 heteroatoms. The SMILES string of the molecule is O=C(NCC(NCc1ccccc1)c1ccco1)C(O)C(O)c1nc2ccccc2[nH]1. The molecular weight excluding hydrogens is 396 g/mol. The van der Waals surface area contributed by atoms with Crippen LogP contribution in [0.15, 0.2) is 77.4 Å². The lowest BCUT2D eigenvalue weighted by atomic mass is 10.1. The van der Waals surface area contributed by atoms with Gasteiger partial charge in [-0.15, -0.1) is 0 Å². The summed E-state index contributed by atoms with van der Waals surface area (Å²) >= 11 is 0. The Hall–Kier alpha value is -3.46. The summed E-state index contributed by atoms with van der Waals surface area (Å²) in [6, 6.07) is 20.4. The number of hydrogen-bond acceptors (Lipinski definition) is 6. The van der Waals surface area contributed by atoms with E-state index in [0.29, 0.717) is 23.3 Å². The number of H-pyrrole nitrogens is 1. The van der Waals surface area contributed by atoms with E-state index in [1.165, 1.54) is 0 Å². The molecule has 0 radical (unpaired) electrons. The fourth-order valence-corrected chi connectivity index (χ4v) is 3.31. The summed E-state index contributed by atoms with van der Waals surface area (Å²) in [4.78, 5) is 19.7. The van der Waals surface area contributed by atoms with Crippen LogP contribution in [0, 0.1) is 0 Å². The molecule has 4 aromatic rings. The third kappa shape index (κ3) is 5.00. The van der Waals surface area contributed by atoms with Gasteiger partial charge in [-0.3, -0.25) is 4.79 Å². The zero-order chi connectivity index (χ0) is 21.6. The van der Waals surface area contributed by atoms with Crippen LogP contribution in [0.3, 0.4) is 0 Å². The predicted octanol–water partition coefficient (Wildman–Crippen LogP) is 2.20. The number of para-hydroxylation sites is 2. The van der Waals surface area contributed by atoms with E-state index in [-0.39, 0.29) is 18.4 Å². The Balaban J connectivity index is 1.38. The Kier molecular flexibility index (Phi) is 6.42. The van der Waals surface area contributed by atoms with Gasteiger partial charge in [-0.05, 0) is 29.8 Å². The number of imidazole rings is 1. The smallest absolute Gasteiger partial charge is 0.252 e. The third-order valence-corrected chi connectivity index (χ3v) is 5.02. The molecule has 31 heavy (non-hydrogen) atoms. The predicted molar refractivity (Wildman–Crippen MR) is 115 cm³/mol. The summed E-state index contributed by atoms with van der Waals surface area (Å²) in [5.74, 6) is 0.0863. The van der Waals surface area contributed by atoms with Gasteiger partial charge in [0, 0.05) is 13.1 Å². The molecule has 0 bridgehead atoms. The topological polar surface area (TPSA) is 123 Å². The van der Waals surface area contributed by atoms with Crippen molar-refractivity contribution in [2.75, 3.05) is 6.54 Å². The van der Waals surface area contributed by atoms with Crippen molar-refractivity contribution in [3.8, 4) is 0 Å². The minimum absolute atomic E-state index is 0.133. The van der Waals surface area contributed by atoms with Crippen molar-refractivity contribution in [2.24, 2.45) is 0 Å². The van der Waals surface area contributed by atoms with E-state index in [1.54, 1.807) is 24.5 Å². The number of carbonyl (C=O) groups is 1. The van der Waals surface area contributed by atoms with Crippen molar-refractivity contribution in [3.05, 3.63) is 90.1 Å². The normalized spacial score (nSPS) is 14.3. The number of carbonyl (C=O) groups excluding carboxylic acids is 1. The average molecular weight is 420 g/mol. The lowest BCUT2D eigenvalue weighted by Gasteiger charge is -2.20. The van der Waals surface area contributed by atoms with Crippen molar-refractivity contribution in [3.63, 3.8) is 0 Å². The number of nitrogens with one attached hydrogen (secondary N) is 3. The molecule has 0 spiro atoms. The van der Waals surface area contributed by atoms with Crippen LogP contribution in [0.4, 0.5) is 0 Å². The van der Waals surface area contributed by atoms with Gasteiger partial charge in [-0.1, -0.05) is 42.5 Å². The third-order valence-electron chi connectivity index (χ3n) is 5.02. The first-order valence-electron chi connectivity index (χ1n) is 10.0. The molecule has 1 amide bonds. The number of aliphatic hydroxyl groups excluding tert-OH is 2. The Morgan fingerprint density at radius 1 is 1.03 bits per heavy atom. The van der Waals surface area contributed by atoms with E-state index in [9.17, 15) is 15.0 Å². The molecule has 0 aliphatic carbocycles. The van der Waals surface area contributed by atoms with Gasteiger partial charge in [0.05, 0.1) is 23.3 Å². The Bertz CT molecular complexity index is 1080. The second-order valence-electron chi connectivity index (χ2n) is 7.21. The quantitative estimate of drug-likeness (QED) is 0.283. The molecule has 3 unspecified atom stereocenters. The standard InChI is InChI=1S/C23H24N4O4/c28-20(22-26-16-9-4-5-10-17(16)27-22)21(29)23(30)25-14-18(19-11-6-12-31-19)24-13-15-7-2-1-3-8-15/h1-12,18,20-21,24,28-29H,13-14H2,(H,25,30)(H,26,27). The highest BCUT2D eigenvalue weighted by molar-refractivity contribution is 5.81. The summed E-state index contributed by atoms with van der Waals surface area (Å²) in [7, 11) is 0. The second kappa shape index (κ2) is 9.57. The van der Waals surface area contributed by atoms with Crippen molar-refractivity contribution in [1.29, 1.82) is 0 Å². The number of rotatable bonds is 9. The first kappa shape index (κ1) is 20.8. The minimum Gasteiger partial charge on any atom is -0.468 e. The summed E-state index contributed by atoms with van der Waals surface area (Å²) in [5.41, 5.74) is 2.45. The lowest BCUT2D eigenvalue weighted by molar-refractivity contribution is -0.135. The molecule has 2 aromatic heterocycles. The van der Waals surface area contributed by atoms with Gasteiger partial charge < -0.3 is 30.2 Å². The summed E-state index contributed by atoms with van der Waals surface area (Å²) in [6.45, 7) is 0.745. The van der Waals surface area contributed by atoms with Gasteiger partial charge in [-0.2, -0.15) is 0 Å². The Morgan fingerprint density at radius 3 is 2.55 bits per heavy atom. The van der Waals surface area contributed by atoms with Crippen molar-refractivity contribution < 1.29 is 19.4 Å². The highest BCUT2D eigenvalue weighted by atomic mass is 16.3. The molecule has 0 saturated carbocycles. The van der Waals surface area contributed by atoms with Crippen LogP contribution in [-0.2, 0) is 11.3 Å². The van der Waals surface area contributed by atoms with Crippen LogP contribution in [0.1, 0.15) is 29.3 Å². The van der Waals surface area contributed by atoms with Crippen molar-refractivity contribution >= 4 is 16.9 Å². The number of amides is 1. The fraction of sp³-hybridized carbons (Fsp3) is 0.217. The number of nitrogens with zero attached hydrogens (tertiary/aromatic N) is 1. The van der Waals surface area contributed by atoms with Gasteiger partial charge in [0.2, 0.25) is 0 Å². The monoisotopic (exact) mass is 420 g/mol. The molecule has 160 valence electrons. The zero-order valence-corrected chi connectivity index (χ0v) is 16.7. The zero-order valence-electron chi connectivity index (χ0n) is 16.7. The maximum absolute atomic E-state index is 12.5. The van der Waals surface area contributed by atoms with Crippen LogP contribution < -0.4 is 10.6 Å². The number of aliphatic hydroxyl groups is 2. The molecule has 4 rings (SSSR count). The minimum atomic E-state index is -1.67. The average Bonchev–Trinajstić information content (AvgIpc) is 3.48. The number of benzene rings is 2. The van der Waals surface area contributed by atoms with E-state index in [1.807, 2.05) is 48.5 Å². The molecule has 5 N–H and O–H groups in total. The second-order valence-corrected chi connectivity index (χ2v) is 7.21. The van der Waals surface area contributed by atoms with E-state index in [2.05, 4.69) is 20.6 Å². The first-order chi connectivity index (χ1) is 15.1. The maximum atomic E-state index is 12.5. The van der Waals surface area contributed by atoms with E-state index < -0.39 is 18.1 Å². The number of fused-ring (bicyclic) bond motifs is 1. The molecule has 0 saturated heterocycles. The van der Waals surface area contributed by atoms with Gasteiger partial charge in [0.25, 0.3) is 5.91 Å². The molecule has 2 heterocycles.